The molecule has 2 aromatic rings. The van der Waals surface area contributed by atoms with Crippen LogP contribution in [0.15, 0.2) is 33.5 Å². The third-order valence-electron chi connectivity index (χ3n) is 4.17. The molecule has 1 aliphatic carbocycles. The normalized spacial score (nSPS) is 15.5. The van der Waals surface area contributed by atoms with Gasteiger partial charge in [0.25, 0.3) is 5.56 Å². The standard InChI is InChI=1S/C17H19BrN2O/c1-11-6-8-12(9-7-11)10-14-19-16(13-4-2-3-5-13)15(18)17(21)20-14/h6-9,13H,2-5,10H2,1H3,(H,19,20,21). The summed E-state index contributed by atoms with van der Waals surface area (Å²) in [6.07, 6.45) is 5.42. The molecule has 3 rings (SSSR count). The number of aryl methyl sites for hydroxylation is 1. The fourth-order valence-corrected chi connectivity index (χ4v) is 3.49. The van der Waals surface area contributed by atoms with Crippen molar-refractivity contribution in [1.82, 2.24) is 9.97 Å². The highest BCUT2D eigenvalue weighted by molar-refractivity contribution is 9.10. The molecule has 1 N–H and O–H groups in total. The fraction of sp³-hybridized carbons (Fsp3) is 0.412. The molecule has 0 radical (unpaired) electrons. The Morgan fingerprint density at radius 2 is 1.90 bits per heavy atom. The van der Waals surface area contributed by atoms with E-state index in [4.69, 9.17) is 4.98 Å². The van der Waals surface area contributed by atoms with Crippen LogP contribution in [0.5, 0.6) is 0 Å². The maximum atomic E-state index is 12.1. The van der Waals surface area contributed by atoms with E-state index in [0.717, 1.165) is 24.4 Å². The van der Waals surface area contributed by atoms with Crippen molar-refractivity contribution in [2.45, 2.75) is 44.9 Å². The lowest BCUT2D eigenvalue weighted by molar-refractivity contribution is 0.677. The zero-order valence-corrected chi connectivity index (χ0v) is 13.7. The summed E-state index contributed by atoms with van der Waals surface area (Å²) < 4.78 is 0.613. The van der Waals surface area contributed by atoms with E-state index >= 15 is 0 Å². The highest BCUT2D eigenvalue weighted by atomic mass is 79.9. The summed E-state index contributed by atoms with van der Waals surface area (Å²) in [5, 5.41) is 0. The molecule has 21 heavy (non-hydrogen) atoms. The molecule has 1 fully saturated rings. The first kappa shape index (κ1) is 14.5. The fourth-order valence-electron chi connectivity index (χ4n) is 2.98. The van der Waals surface area contributed by atoms with Crippen molar-refractivity contribution in [2.24, 2.45) is 0 Å². The van der Waals surface area contributed by atoms with Crippen LogP contribution in [-0.2, 0) is 6.42 Å². The molecule has 0 unspecified atom stereocenters. The van der Waals surface area contributed by atoms with Crippen molar-refractivity contribution >= 4 is 15.9 Å². The summed E-state index contributed by atoms with van der Waals surface area (Å²) in [6, 6.07) is 8.35. The topological polar surface area (TPSA) is 45.8 Å². The minimum absolute atomic E-state index is 0.0611. The van der Waals surface area contributed by atoms with Crippen LogP contribution in [0.3, 0.4) is 0 Å². The van der Waals surface area contributed by atoms with Crippen molar-refractivity contribution in [3.05, 3.63) is 61.7 Å². The Labute approximate surface area is 133 Å². The molecule has 0 atom stereocenters. The monoisotopic (exact) mass is 346 g/mol. The van der Waals surface area contributed by atoms with E-state index in [1.54, 1.807) is 0 Å². The van der Waals surface area contributed by atoms with Gasteiger partial charge >= 0.3 is 0 Å². The van der Waals surface area contributed by atoms with Gasteiger partial charge in [0.15, 0.2) is 0 Å². The number of benzene rings is 1. The molecule has 0 aliphatic heterocycles. The first-order chi connectivity index (χ1) is 10.1. The smallest absolute Gasteiger partial charge is 0.265 e. The van der Waals surface area contributed by atoms with Crippen molar-refractivity contribution in [3.8, 4) is 0 Å². The van der Waals surface area contributed by atoms with Crippen molar-refractivity contribution < 1.29 is 0 Å². The number of H-pyrrole nitrogens is 1. The van der Waals surface area contributed by atoms with E-state index in [1.165, 1.54) is 24.0 Å². The van der Waals surface area contributed by atoms with E-state index in [-0.39, 0.29) is 5.56 Å². The number of halogens is 1. The van der Waals surface area contributed by atoms with Crippen molar-refractivity contribution in [1.29, 1.82) is 0 Å². The second kappa shape index (κ2) is 6.14. The second-order valence-corrected chi connectivity index (χ2v) is 6.65. The zero-order valence-electron chi connectivity index (χ0n) is 12.2. The Morgan fingerprint density at radius 3 is 2.57 bits per heavy atom. The number of nitrogens with one attached hydrogen (secondary N) is 1. The predicted octanol–water partition coefficient (Wildman–Crippen LogP) is 4.09. The summed E-state index contributed by atoms with van der Waals surface area (Å²) >= 11 is 3.41. The van der Waals surface area contributed by atoms with Crippen LogP contribution in [0.2, 0.25) is 0 Å². The maximum absolute atomic E-state index is 12.1. The van der Waals surface area contributed by atoms with Gasteiger partial charge in [-0.25, -0.2) is 4.98 Å². The van der Waals surface area contributed by atoms with E-state index in [1.807, 2.05) is 0 Å². The van der Waals surface area contributed by atoms with Crippen LogP contribution in [0.4, 0.5) is 0 Å². The van der Waals surface area contributed by atoms with Crippen LogP contribution in [-0.4, -0.2) is 9.97 Å². The van der Waals surface area contributed by atoms with Gasteiger partial charge < -0.3 is 4.98 Å². The summed E-state index contributed by atoms with van der Waals surface area (Å²) in [4.78, 5) is 19.7. The SMILES string of the molecule is Cc1ccc(Cc2nc(C3CCCC3)c(Br)c(=O)[nH]2)cc1. The van der Waals surface area contributed by atoms with Crippen LogP contribution >= 0.6 is 15.9 Å². The Morgan fingerprint density at radius 1 is 1.24 bits per heavy atom. The molecule has 110 valence electrons. The van der Waals surface area contributed by atoms with Crippen molar-refractivity contribution in [3.63, 3.8) is 0 Å². The van der Waals surface area contributed by atoms with Crippen LogP contribution in [0.25, 0.3) is 0 Å². The number of aromatic amines is 1. The first-order valence-electron chi connectivity index (χ1n) is 7.47. The average Bonchev–Trinajstić information content (AvgIpc) is 2.99. The quantitative estimate of drug-likeness (QED) is 0.909. The average molecular weight is 347 g/mol. The highest BCUT2D eigenvalue weighted by Crippen LogP contribution is 2.35. The zero-order chi connectivity index (χ0) is 14.8. The molecule has 0 spiro atoms. The van der Waals surface area contributed by atoms with Gasteiger partial charge in [-0.05, 0) is 41.3 Å². The van der Waals surface area contributed by atoms with E-state index < -0.39 is 0 Å². The first-order valence-corrected chi connectivity index (χ1v) is 8.27. The predicted molar refractivity (Wildman–Crippen MR) is 87.8 cm³/mol. The lowest BCUT2D eigenvalue weighted by atomic mass is 10.0. The summed E-state index contributed by atoms with van der Waals surface area (Å²) in [6.45, 7) is 2.07. The van der Waals surface area contributed by atoms with Gasteiger partial charge in [0.1, 0.15) is 10.3 Å². The molecule has 1 aliphatic rings. The minimum atomic E-state index is -0.0611. The molecule has 3 nitrogen and oxygen atoms in total. The Balaban J connectivity index is 1.92. The van der Waals surface area contributed by atoms with Gasteiger partial charge in [0, 0.05) is 12.3 Å². The van der Waals surface area contributed by atoms with Gasteiger partial charge in [0.05, 0.1) is 5.69 Å². The lowest BCUT2D eigenvalue weighted by Gasteiger charge is -2.12. The van der Waals surface area contributed by atoms with Gasteiger partial charge in [-0.3, -0.25) is 4.79 Å². The third kappa shape index (κ3) is 3.26. The van der Waals surface area contributed by atoms with Crippen molar-refractivity contribution in [2.75, 3.05) is 0 Å². The summed E-state index contributed by atoms with van der Waals surface area (Å²) in [7, 11) is 0. The maximum Gasteiger partial charge on any atom is 0.265 e. The molecule has 4 heteroatoms. The van der Waals surface area contributed by atoms with Gasteiger partial charge in [-0.1, -0.05) is 42.7 Å². The number of rotatable bonds is 3. The minimum Gasteiger partial charge on any atom is -0.309 e. The molecular formula is C17H19BrN2O. The van der Waals surface area contributed by atoms with E-state index in [0.29, 0.717) is 16.8 Å². The molecule has 1 aromatic heterocycles. The molecule has 1 aromatic carbocycles. The van der Waals surface area contributed by atoms with Gasteiger partial charge in [-0.2, -0.15) is 0 Å². The summed E-state index contributed by atoms with van der Waals surface area (Å²) in [5.74, 6) is 1.19. The third-order valence-corrected chi connectivity index (χ3v) is 4.94. The second-order valence-electron chi connectivity index (χ2n) is 5.86. The molecule has 1 saturated carbocycles. The number of hydrogen-bond acceptors (Lipinski definition) is 2. The number of nitrogens with zero attached hydrogens (tertiary/aromatic N) is 1. The Kier molecular flexibility index (Phi) is 4.24. The number of hydrogen-bond donors (Lipinski definition) is 1. The molecule has 0 saturated heterocycles. The molecular weight excluding hydrogens is 328 g/mol. The van der Waals surface area contributed by atoms with Gasteiger partial charge in [-0.15, -0.1) is 0 Å². The Bertz CT molecular complexity index is 685. The number of aromatic nitrogens is 2. The van der Waals surface area contributed by atoms with Crippen LogP contribution in [0, 0.1) is 6.92 Å². The van der Waals surface area contributed by atoms with Gasteiger partial charge in [0.2, 0.25) is 0 Å². The Hall–Kier alpha value is -1.42. The lowest BCUT2D eigenvalue weighted by Crippen LogP contribution is -2.17. The van der Waals surface area contributed by atoms with Crippen LogP contribution < -0.4 is 5.56 Å². The van der Waals surface area contributed by atoms with Crippen LogP contribution in [0.1, 0.15) is 54.2 Å². The largest absolute Gasteiger partial charge is 0.309 e. The molecule has 1 heterocycles. The summed E-state index contributed by atoms with van der Waals surface area (Å²) in [5.41, 5.74) is 3.29. The molecule has 0 amide bonds. The highest BCUT2D eigenvalue weighted by Gasteiger charge is 2.22. The van der Waals surface area contributed by atoms with E-state index in [2.05, 4.69) is 52.1 Å². The molecule has 0 bridgehead atoms. The van der Waals surface area contributed by atoms with E-state index in [9.17, 15) is 4.79 Å².